The first kappa shape index (κ1) is 17.4. The van der Waals surface area contributed by atoms with E-state index in [1.54, 1.807) is 38.4 Å². The minimum atomic E-state index is -1.05. The predicted molar refractivity (Wildman–Crippen MR) is 84.9 cm³/mol. The number of nitrogens with one attached hydrogen (secondary N) is 1. The molecule has 2 aromatic carbocycles. The molecule has 0 atom stereocenters. The van der Waals surface area contributed by atoms with Gasteiger partial charge in [-0.15, -0.1) is 0 Å². The lowest BCUT2D eigenvalue weighted by Crippen LogP contribution is -2.22. The van der Waals surface area contributed by atoms with Crippen LogP contribution < -0.4 is 10.1 Å². The average molecular weight is 334 g/mol. The van der Waals surface area contributed by atoms with Crippen LogP contribution in [0.2, 0.25) is 0 Å². The number of nitrogens with zero attached hydrogens (tertiary/aromatic N) is 1. The fraction of sp³-hybridized carbons (Fsp3) is 0.176. The van der Waals surface area contributed by atoms with E-state index in [2.05, 4.69) is 5.32 Å². The highest BCUT2D eigenvalue weighted by Crippen LogP contribution is 2.15. The summed E-state index contributed by atoms with van der Waals surface area (Å²) in [5, 5.41) is 2.58. The van der Waals surface area contributed by atoms with Crippen LogP contribution in [0.15, 0.2) is 42.5 Å². The molecule has 0 aliphatic heterocycles. The lowest BCUT2D eigenvalue weighted by atomic mass is 10.2. The molecular formula is C17H16F2N2O3. The Hall–Kier alpha value is -2.96. The van der Waals surface area contributed by atoms with Gasteiger partial charge in [-0.2, -0.15) is 0 Å². The second kappa shape index (κ2) is 7.54. The van der Waals surface area contributed by atoms with Crippen molar-refractivity contribution in [3.05, 3.63) is 59.7 Å². The van der Waals surface area contributed by atoms with Crippen molar-refractivity contribution in [3.8, 4) is 5.75 Å². The number of anilines is 1. The van der Waals surface area contributed by atoms with E-state index in [1.807, 2.05) is 0 Å². The normalized spacial score (nSPS) is 10.2. The predicted octanol–water partition coefficient (Wildman–Crippen LogP) is 2.68. The first-order valence-corrected chi connectivity index (χ1v) is 7.06. The fourth-order valence-electron chi connectivity index (χ4n) is 1.87. The lowest BCUT2D eigenvalue weighted by molar-refractivity contribution is -0.118. The summed E-state index contributed by atoms with van der Waals surface area (Å²) in [4.78, 5) is 25.0. The van der Waals surface area contributed by atoms with Gasteiger partial charge >= 0.3 is 0 Å². The monoisotopic (exact) mass is 334 g/mol. The molecule has 0 heterocycles. The van der Waals surface area contributed by atoms with Crippen LogP contribution in [-0.2, 0) is 4.79 Å². The van der Waals surface area contributed by atoms with Crippen molar-refractivity contribution in [2.45, 2.75) is 0 Å². The van der Waals surface area contributed by atoms with Gasteiger partial charge in [-0.25, -0.2) is 8.78 Å². The van der Waals surface area contributed by atoms with E-state index in [0.717, 1.165) is 12.1 Å². The largest absolute Gasteiger partial charge is 0.484 e. The fourth-order valence-corrected chi connectivity index (χ4v) is 1.87. The van der Waals surface area contributed by atoms with Crippen molar-refractivity contribution in [1.29, 1.82) is 0 Å². The molecule has 0 radical (unpaired) electrons. The molecule has 0 fully saturated rings. The summed E-state index contributed by atoms with van der Waals surface area (Å²) in [7, 11) is 3.29. The molecule has 2 aromatic rings. The summed E-state index contributed by atoms with van der Waals surface area (Å²) in [6.07, 6.45) is 0. The van der Waals surface area contributed by atoms with Gasteiger partial charge in [0.25, 0.3) is 11.8 Å². The maximum Gasteiger partial charge on any atom is 0.262 e. The van der Waals surface area contributed by atoms with E-state index in [-0.39, 0.29) is 18.3 Å². The standard InChI is InChI=1S/C17H16F2N2O3/c1-21(2)17(23)11-3-5-12(6-4-11)20-16(22)10-24-13-7-8-14(18)15(19)9-13/h3-9H,10H2,1-2H3,(H,20,22). The van der Waals surface area contributed by atoms with Gasteiger partial charge in [0.1, 0.15) is 5.75 Å². The van der Waals surface area contributed by atoms with Crippen LogP contribution in [0.3, 0.4) is 0 Å². The summed E-state index contributed by atoms with van der Waals surface area (Å²) in [6.45, 7) is -0.358. The summed E-state index contributed by atoms with van der Waals surface area (Å²) in [5.41, 5.74) is 0.986. The van der Waals surface area contributed by atoms with Crippen molar-refractivity contribution < 1.29 is 23.1 Å². The van der Waals surface area contributed by atoms with Crippen LogP contribution in [0, 0.1) is 11.6 Å². The molecule has 24 heavy (non-hydrogen) atoms. The minimum absolute atomic E-state index is 0.0518. The highest BCUT2D eigenvalue weighted by molar-refractivity contribution is 5.95. The second-order valence-corrected chi connectivity index (χ2v) is 5.19. The summed E-state index contributed by atoms with van der Waals surface area (Å²) >= 11 is 0. The van der Waals surface area contributed by atoms with E-state index in [1.165, 1.54) is 11.0 Å². The Morgan fingerprint density at radius 1 is 1.04 bits per heavy atom. The molecule has 5 nitrogen and oxygen atoms in total. The Labute approximate surface area is 137 Å². The van der Waals surface area contributed by atoms with Crippen molar-refractivity contribution in [2.75, 3.05) is 26.0 Å². The molecule has 2 rings (SSSR count). The topological polar surface area (TPSA) is 58.6 Å². The Balaban J connectivity index is 1.90. The van der Waals surface area contributed by atoms with Crippen LogP contribution in [0.25, 0.3) is 0 Å². The molecule has 0 unspecified atom stereocenters. The number of ether oxygens (including phenoxy) is 1. The van der Waals surface area contributed by atoms with E-state index in [0.29, 0.717) is 11.3 Å². The van der Waals surface area contributed by atoms with Crippen molar-refractivity contribution >= 4 is 17.5 Å². The Kier molecular flexibility index (Phi) is 5.47. The van der Waals surface area contributed by atoms with Crippen molar-refractivity contribution in [2.24, 2.45) is 0 Å². The molecule has 0 aliphatic carbocycles. The molecule has 0 saturated heterocycles. The van der Waals surface area contributed by atoms with E-state index in [4.69, 9.17) is 4.74 Å². The van der Waals surface area contributed by atoms with Crippen LogP contribution in [0.1, 0.15) is 10.4 Å². The highest BCUT2D eigenvalue weighted by atomic mass is 19.2. The third-order valence-corrected chi connectivity index (χ3v) is 3.08. The smallest absolute Gasteiger partial charge is 0.262 e. The Morgan fingerprint density at radius 3 is 2.29 bits per heavy atom. The number of hydrogen-bond donors (Lipinski definition) is 1. The number of benzene rings is 2. The molecule has 2 amide bonds. The van der Waals surface area contributed by atoms with Gasteiger partial charge in [0.15, 0.2) is 18.2 Å². The quantitative estimate of drug-likeness (QED) is 0.915. The lowest BCUT2D eigenvalue weighted by Gasteiger charge is -2.11. The maximum absolute atomic E-state index is 13.0. The molecule has 0 spiro atoms. The number of halogens is 2. The molecule has 1 N–H and O–H groups in total. The second-order valence-electron chi connectivity index (χ2n) is 5.19. The number of carbonyl (C=O) groups is 2. The maximum atomic E-state index is 13.0. The summed E-state index contributed by atoms with van der Waals surface area (Å²) in [6, 6.07) is 9.38. The number of rotatable bonds is 5. The first-order chi connectivity index (χ1) is 11.4. The van der Waals surface area contributed by atoms with Crippen molar-refractivity contribution in [1.82, 2.24) is 4.90 Å². The van der Waals surface area contributed by atoms with Gasteiger partial charge in [0, 0.05) is 31.4 Å². The zero-order chi connectivity index (χ0) is 17.7. The van der Waals surface area contributed by atoms with Gasteiger partial charge in [0.05, 0.1) is 0 Å². The highest BCUT2D eigenvalue weighted by Gasteiger charge is 2.09. The van der Waals surface area contributed by atoms with Crippen LogP contribution in [0.5, 0.6) is 5.75 Å². The molecular weight excluding hydrogens is 318 g/mol. The number of carbonyl (C=O) groups excluding carboxylic acids is 2. The number of amides is 2. The molecule has 0 aromatic heterocycles. The van der Waals surface area contributed by atoms with Gasteiger partial charge in [-0.05, 0) is 36.4 Å². The van der Waals surface area contributed by atoms with E-state index >= 15 is 0 Å². The Morgan fingerprint density at radius 2 is 1.71 bits per heavy atom. The van der Waals surface area contributed by atoms with E-state index < -0.39 is 17.5 Å². The Bertz CT molecular complexity index is 746. The third kappa shape index (κ3) is 4.52. The first-order valence-electron chi connectivity index (χ1n) is 7.06. The van der Waals surface area contributed by atoms with Gasteiger partial charge < -0.3 is 15.0 Å². The SMILES string of the molecule is CN(C)C(=O)c1ccc(NC(=O)COc2ccc(F)c(F)c2)cc1. The number of hydrogen-bond acceptors (Lipinski definition) is 3. The van der Waals surface area contributed by atoms with Crippen LogP contribution in [0.4, 0.5) is 14.5 Å². The molecule has 0 saturated carbocycles. The molecule has 126 valence electrons. The van der Waals surface area contributed by atoms with Crippen LogP contribution in [-0.4, -0.2) is 37.4 Å². The van der Waals surface area contributed by atoms with Gasteiger partial charge in [0.2, 0.25) is 0 Å². The third-order valence-electron chi connectivity index (χ3n) is 3.08. The van der Waals surface area contributed by atoms with Gasteiger partial charge in [-0.3, -0.25) is 9.59 Å². The zero-order valence-corrected chi connectivity index (χ0v) is 13.2. The molecule has 7 heteroatoms. The molecule has 0 aliphatic rings. The summed E-state index contributed by atoms with van der Waals surface area (Å²) < 4.78 is 30.9. The van der Waals surface area contributed by atoms with Crippen molar-refractivity contribution in [3.63, 3.8) is 0 Å². The minimum Gasteiger partial charge on any atom is -0.484 e. The van der Waals surface area contributed by atoms with Gasteiger partial charge in [-0.1, -0.05) is 0 Å². The van der Waals surface area contributed by atoms with E-state index in [9.17, 15) is 18.4 Å². The summed E-state index contributed by atoms with van der Waals surface area (Å²) in [5.74, 6) is -2.59. The molecule has 0 bridgehead atoms. The average Bonchev–Trinajstić information content (AvgIpc) is 2.56. The zero-order valence-electron chi connectivity index (χ0n) is 13.2. The van der Waals surface area contributed by atoms with Crippen LogP contribution >= 0.6 is 0 Å².